The van der Waals surface area contributed by atoms with Crippen molar-refractivity contribution in [1.82, 2.24) is 20.2 Å². The van der Waals surface area contributed by atoms with Gasteiger partial charge in [-0.1, -0.05) is 12.1 Å². The van der Waals surface area contributed by atoms with Crippen LogP contribution in [0.15, 0.2) is 41.1 Å². The number of carbonyl (C=O) groups excluding carboxylic acids is 2. The van der Waals surface area contributed by atoms with E-state index in [-0.39, 0.29) is 17.7 Å². The Bertz CT molecular complexity index is 902. The number of aromatic nitrogens is 2. The lowest BCUT2D eigenvalue weighted by Gasteiger charge is -2.32. The van der Waals surface area contributed by atoms with E-state index < -0.39 is 0 Å². The fraction of sp³-hybridized carbons (Fsp3) is 0.350. The fourth-order valence-corrected chi connectivity index (χ4v) is 4.17. The molecule has 1 aliphatic heterocycles. The minimum Gasteiger partial charge on any atom is -0.351 e. The fourth-order valence-electron chi connectivity index (χ4n) is 3.53. The SMILES string of the molecule is O=C(NCCC(=O)N1CCCC(c2nc3ccccc3[nH]2)C1)c1ccsc1. The van der Waals surface area contributed by atoms with Gasteiger partial charge in [-0.15, -0.1) is 0 Å². The smallest absolute Gasteiger partial charge is 0.252 e. The third-order valence-electron chi connectivity index (χ3n) is 4.98. The van der Waals surface area contributed by atoms with Gasteiger partial charge in [0.2, 0.25) is 5.91 Å². The average Bonchev–Trinajstić information content (AvgIpc) is 3.37. The summed E-state index contributed by atoms with van der Waals surface area (Å²) in [5.74, 6) is 1.15. The normalized spacial score (nSPS) is 17.2. The lowest BCUT2D eigenvalue weighted by Crippen LogP contribution is -2.40. The number of piperidine rings is 1. The second-order valence-electron chi connectivity index (χ2n) is 6.84. The van der Waals surface area contributed by atoms with E-state index in [1.807, 2.05) is 34.5 Å². The summed E-state index contributed by atoms with van der Waals surface area (Å²) in [6.45, 7) is 1.81. The molecule has 0 saturated carbocycles. The van der Waals surface area contributed by atoms with Crippen LogP contribution in [0.3, 0.4) is 0 Å². The van der Waals surface area contributed by atoms with Gasteiger partial charge >= 0.3 is 0 Å². The molecule has 3 heterocycles. The summed E-state index contributed by atoms with van der Waals surface area (Å²) in [6.07, 6.45) is 2.32. The van der Waals surface area contributed by atoms with Gasteiger partial charge in [-0.05, 0) is 36.4 Å². The number of imidazole rings is 1. The molecule has 2 N–H and O–H groups in total. The summed E-state index contributed by atoms with van der Waals surface area (Å²) in [6, 6.07) is 9.77. The minimum absolute atomic E-state index is 0.0847. The Morgan fingerprint density at radius 3 is 3.00 bits per heavy atom. The molecule has 0 spiro atoms. The molecule has 140 valence electrons. The maximum absolute atomic E-state index is 12.6. The molecule has 0 aliphatic carbocycles. The zero-order chi connectivity index (χ0) is 18.6. The zero-order valence-electron chi connectivity index (χ0n) is 15.0. The molecule has 1 saturated heterocycles. The number of fused-ring (bicyclic) bond motifs is 1. The predicted molar refractivity (Wildman–Crippen MR) is 106 cm³/mol. The molecule has 1 aromatic carbocycles. The highest BCUT2D eigenvalue weighted by Crippen LogP contribution is 2.27. The highest BCUT2D eigenvalue weighted by atomic mass is 32.1. The molecule has 0 radical (unpaired) electrons. The van der Waals surface area contributed by atoms with Crippen molar-refractivity contribution in [3.63, 3.8) is 0 Å². The van der Waals surface area contributed by atoms with Gasteiger partial charge in [0.1, 0.15) is 5.82 Å². The van der Waals surface area contributed by atoms with Crippen molar-refractivity contribution < 1.29 is 9.59 Å². The van der Waals surface area contributed by atoms with E-state index in [9.17, 15) is 9.59 Å². The number of amides is 2. The number of H-pyrrole nitrogens is 1. The number of hydrogen-bond donors (Lipinski definition) is 2. The first kappa shape index (κ1) is 17.7. The molecule has 1 aliphatic rings. The van der Waals surface area contributed by atoms with Gasteiger partial charge in [0.05, 0.1) is 11.0 Å². The van der Waals surface area contributed by atoms with Crippen LogP contribution >= 0.6 is 11.3 Å². The minimum atomic E-state index is -0.122. The molecule has 27 heavy (non-hydrogen) atoms. The highest BCUT2D eigenvalue weighted by Gasteiger charge is 2.26. The second-order valence-corrected chi connectivity index (χ2v) is 7.62. The molecule has 1 atom stereocenters. The van der Waals surface area contributed by atoms with Gasteiger partial charge in [0.15, 0.2) is 0 Å². The standard InChI is InChI=1S/C20H22N4O2S/c25-18(7-9-21-20(26)15-8-11-27-13-15)24-10-3-4-14(12-24)19-22-16-5-1-2-6-17(16)23-19/h1-2,5-6,8,11,13-14H,3-4,7,9-10,12H2,(H,21,26)(H,22,23). The number of rotatable bonds is 5. The van der Waals surface area contributed by atoms with Gasteiger partial charge in [-0.3, -0.25) is 9.59 Å². The molecule has 2 amide bonds. The lowest BCUT2D eigenvalue weighted by molar-refractivity contribution is -0.132. The Kier molecular flexibility index (Phi) is 5.20. The van der Waals surface area contributed by atoms with Crippen molar-refractivity contribution in [3.8, 4) is 0 Å². The van der Waals surface area contributed by atoms with Crippen LogP contribution in [0.2, 0.25) is 0 Å². The molecule has 2 aromatic heterocycles. The summed E-state index contributed by atoms with van der Waals surface area (Å²) in [5.41, 5.74) is 2.65. The van der Waals surface area contributed by atoms with Gasteiger partial charge in [-0.2, -0.15) is 11.3 Å². The summed E-state index contributed by atoms with van der Waals surface area (Å²) >= 11 is 1.49. The van der Waals surface area contributed by atoms with Gasteiger partial charge in [-0.25, -0.2) is 4.98 Å². The van der Waals surface area contributed by atoms with Gasteiger partial charge in [0.25, 0.3) is 5.91 Å². The van der Waals surface area contributed by atoms with E-state index in [2.05, 4.69) is 10.3 Å². The summed E-state index contributed by atoms with van der Waals surface area (Å²) in [7, 11) is 0. The predicted octanol–water partition coefficient (Wildman–Crippen LogP) is 3.15. The van der Waals surface area contributed by atoms with Crippen LogP contribution in [0.1, 0.15) is 41.4 Å². The van der Waals surface area contributed by atoms with Crippen molar-refractivity contribution >= 4 is 34.2 Å². The Morgan fingerprint density at radius 1 is 1.30 bits per heavy atom. The van der Waals surface area contributed by atoms with Gasteiger partial charge < -0.3 is 15.2 Å². The molecule has 3 aromatic rings. The molecule has 4 rings (SSSR count). The Labute approximate surface area is 161 Å². The molecule has 1 fully saturated rings. The van der Waals surface area contributed by atoms with Crippen LogP contribution in [0.5, 0.6) is 0 Å². The van der Waals surface area contributed by atoms with E-state index in [4.69, 9.17) is 4.98 Å². The highest BCUT2D eigenvalue weighted by molar-refractivity contribution is 7.08. The summed E-state index contributed by atoms with van der Waals surface area (Å²) in [5, 5.41) is 6.49. The van der Waals surface area contributed by atoms with Crippen LogP contribution in [-0.4, -0.2) is 46.3 Å². The Balaban J connectivity index is 1.32. The summed E-state index contributed by atoms with van der Waals surface area (Å²) in [4.78, 5) is 34.5. The van der Waals surface area contributed by atoms with Crippen LogP contribution in [0, 0.1) is 0 Å². The van der Waals surface area contributed by atoms with Crippen LogP contribution in [0.25, 0.3) is 11.0 Å². The van der Waals surface area contributed by atoms with Crippen LogP contribution in [-0.2, 0) is 4.79 Å². The number of benzene rings is 1. The largest absolute Gasteiger partial charge is 0.351 e. The van der Waals surface area contributed by atoms with Crippen LogP contribution in [0.4, 0.5) is 0 Å². The third-order valence-corrected chi connectivity index (χ3v) is 5.66. The van der Waals surface area contributed by atoms with Gasteiger partial charge in [0, 0.05) is 42.9 Å². The number of likely N-dealkylation sites (tertiary alicyclic amines) is 1. The Morgan fingerprint density at radius 2 is 2.19 bits per heavy atom. The zero-order valence-corrected chi connectivity index (χ0v) is 15.8. The lowest BCUT2D eigenvalue weighted by atomic mass is 9.97. The van der Waals surface area contributed by atoms with E-state index in [1.165, 1.54) is 11.3 Å². The van der Waals surface area contributed by atoms with Crippen LogP contribution < -0.4 is 5.32 Å². The Hall–Kier alpha value is -2.67. The van der Waals surface area contributed by atoms with E-state index in [1.54, 1.807) is 11.4 Å². The van der Waals surface area contributed by atoms with E-state index in [0.717, 1.165) is 36.2 Å². The van der Waals surface area contributed by atoms with Crippen molar-refractivity contribution in [2.75, 3.05) is 19.6 Å². The molecular formula is C20H22N4O2S. The van der Waals surface area contributed by atoms with Crippen molar-refractivity contribution in [3.05, 3.63) is 52.5 Å². The van der Waals surface area contributed by atoms with Crippen molar-refractivity contribution in [2.24, 2.45) is 0 Å². The number of thiophene rings is 1. The van der Waals surface area contributed by atoms with Crippen molar-refractivity contribution in [1.29, 1.82) is 0 Å². The molecule has 0 bridgehead atoms. The quantitative estimate of drug-likeness (QED) is 0.712. The molecule has 1 unspecified atom stereocenters. The van der Waals surface area contributed by atoms with E-state index in [0.29, 0.717) is 25.1 Å². The van der Waals surface area contributed by atoms with Crippen molar-refractivity contribution in [2.45, 2.75) is 25.2 Å². The average molecular weight is 382 g/mol. The maximum Gasteiger partial charge on any atom is 0.252 e. The number of nitrogens with one attached hydrogen (secondary N) is 2. The number of nitrogens with zero attached hydrogens (tertiary/aromatic N) is 2. The molecular weight excluding hydrogens is 360 g/mol. The third kappa shape index (κ3) is 4.03. The first-order valence-electron chi connectivity index (χ1n) is 9.23. The first-order chi connectivity index (χ1) is 13.2. The number of aromatic amines is 1. The number of para-hydroxylation sites is 2. The van der Waals surface area contributed by atoms with E-state index >= 15 is 0 Å². The summed E-state index contributed by atoms with van der Waals surface area (Å²) < 4.78 is 0. The number of hydrogen-bond acceptors (Lipinski definition) is 4. The monoisotopic (exact) mass is 382 g/mol. The molecule has 7 heteroatoms. The second kappa shape index (κ2) is 7.92. The molecule has 6 nitrogen and oxygen atoms in total. The number of carbonyl (C=O) groups is 2. The first-order valence-corrected chi connectivity index (χ1v) is 10.2. The maximum atomic E-state index is 12.6. The topological polar surface area (TPSA) is 78.1 Å².